The monoisotopic (exact) mass is 352 g/mol. The van der Waals surface area contributed by atoms with E-state index >= 15 is 0 Å². The average molecular weight is 352 g/mol. The number of imidazole rings is 1. The summed E-state index contributed by atoms with van der Waals surface area (Å²) >= 11 is 0. The first-order valence-corrected chi connectivity index (χ1v) is 7.79. The lowest BCUT2D eigenvalue weighted by Gasteiger charge is -2.13. The number of H-pyrrole nitrogens is 1. The van der Waals surface area contributed by atoms with E-state index in [1.165, 1.54) is 25.4 Å². The smallest absolute Gasteiger partial charge is 0.338 e. The number of ether oxygens (including phenoxy) is 1. The lowest BCUT2D eigenvalue weighted by molar-refractivity contribution is -0.123. The Morgan fingerprint density at radius 2 is 1.81 bits per heavy atom. The Labute approximate surface area is 148 Å². The van der Waals surface area contributed by atoms with E-state index in [9.17, 15) is 14.4 Å². The molecule has 0 aliphatic rings. The molecule has 1 atom stereocenters. The first-order valence-electron chi connectivity index (χ1n) is 7.79. The number of nitrogens with zero attached hydrogens (tertiary/aromatic N) is 1. The third kappa shape index (κ3) is 3.69. The van der Waals surface area contributed by atoms with Crippen LogP contribution in [0.1, 0.15) is 27.6 Å². The molecular formula is C18H16N4O4. The van der Waals surface area contributed by atoms with Crippen molar-refractivity contribution in [3.8, 4) is 0 Å². The number of carbonyl (C=O) groups is 3. The second-order valence-electron chi connectivity index (χ2n) is 5.61. The zero-order chi connectivity index (χ0) is 18.7. The van der Waals surface area contributed by atoms with Crippen LogP contribution in [0.2, 0.25) is 0 Å². The zero-order valence-corrected chi connectivity index (χ0v) is 13.9. The second-order valence-corrected chi connectivity index (χ2v) is 5.61. The summed E-state index contributed by atoms with van der Waals surface area (Å²) in [7, 11) is 0. The first kappa shape index (κ1) is 17.2. The van der Waals surface area contributed by atoms with Crippen molar-refractivity contribution >= 4 is 34.5 Å². The van der Waals surface area contributed by atoms with Crippen LogP contribution in [0.5, 0.6) is 0 Å². The van der Waals surface area contributed by atoms with Crippen LogP contribution in [-0.4, -0.2) is 33.9 Å². The van der Waals surface area contributed by atoms with Crippen LogP contribution in [0.4, 0.5) is 5.69 Å². The van der Waals surface area contributed by atoms with Gasteiger partial charge >= 0.3 is 5.97 Å². The number of esters is 1. The molecule has 1 aromatic heterocycles. The van der Waals surface area contributed by atoms with Gasteiger partial charge in [0.25, 0.3) is 5.91 Å². The fraction of sp³-hybridized carbons (Fsp3) is 0.111. The summed E-state index contributed by atoms with van der Waals surface area (Å²) in [4.78, 5) is 42.4. The van der Waals surface area contributed by atoms with Crippen LogP contribution in [0, 0.1) is 0 Å². The number of fused-ring (bicyclic) bond motifs is 1. The number of anilines is 1. The van der Waals surface area contributed by atoms with Crippen molar-refractivity contribution in [3.05, 3.63) is 59.9 Å². The molecular weight excluding hydrogens is 336 g/mol. The zero-order valence-electron chi connectivity index (χ0n) is 13.9. The van der Waals surface area contributed by atoms with Crippen molar-refractivity contribution in [1.29, 1.82) is 0 Å². The molecule has 4 N–H and O–H groups in total. The van der Waals surface area contributed by atoms with Crippen molar-refractivity contribution in [3.63, 3.8) is 0 Å². The van der Waals surface area contributed by atoms with Crippen LogP contribution in [0.25, 0.3) is 11.0 Å². The van der Waals surface area contributed by atoms with Gasteiger partial charge in [0.15, 0.2) is 6.10 Å². The van der Waals surface area contributed by atoms with Gasteiger partial charge in [0.1, 0.15) is 0 Å². The lowest BCUT2D eigenvalue weighted by atomic mass is 10.2. The molecule has 0 aliphatic carbocycles. The van der Waals surface area contributed by atoms with Crippen molar-refractivity contribution in [2.75, 3.05) is 5.32 Å². The number of hydrogen-bond donors (Lipinski definition) is 3. The topological polar surface area (TPSA) is 127 Å². The number of primary amides is 1. The van der Waals surface area contributed by atoms with Gasteiger partial charge in [-0.25, -0.2) is 9.78 Å². The fourth-order valence-electron chi connectivity index (χ4n) is 2.31. The minimum atomic E-state index is -1.00. The summed E-state index contributed by atoms with van der Waals surface area (Å²) in [5.41, 5.74) is 7.69. The van der Waals surface area contributed by atoms with Crippen molar-refractivity contribution < 1.29 is 19.1 Å². The van der Waals surface area contributed by atoms with E-state index < -0.39 is 23.9 Å². The Balaban J connectivity index is 1.62. The molecule has 3 rings (SSSR count). The number of amides is 2. The Morgan fingerprint density at radius 3 is 2.50 bits per heavy atom. The molecule has 0 saturated carbocycles. The second kappa shape index (κ2) is 7.06. The highest BCUT2D eigenvalue weighted by Gasteiger charge is 2.19. The summed E-state index contributed by atoms with van der Waals surface area (Å²) in [6, 6.07) is 10.9. The van der Waals surface area contributed by atoms with Crippen molar-refractivity contribution in [2.24, 2.45) is 5.73 Å². The maximum absolute atomic E-state index is 12.2. The molecule has 0 aliphatic heterocycles. The Morgan fingerprint density at radius 1 is 1.12 bits per heavy atom. The van der Waals surface area contributed by atoms with Gasteiger partial charge < -0.3 is 20.8 Å². The predicted molar refractivity (Wildman–Crippen MR) is 94.6 cm³/mol. The highest BCUT2D eigenvalue weighted by Crippen LogP contribution is 2.14. The SMILES string of the molecule is CC(OC(=O)c1ccc2nc[nH]c2c1)C(=O)Nc1ccc(C(N)=O)cc1. The van der Waals surface area contributed by atoms with E-state index in [0.29, 0.717) is 22.3 Å². The van der Waals surface area contributed by atoms with Gasteiger partial charge in [-0.3, -0.25) is 9.59 Å². The maximum Gasteiger partial charge on any atom is 0.338 e. The number of aromatic nitrogens is 2. The van der Waals surface area contributed by atoms with Crippen LogP contribution in [0.15, 0.2) is 48.8 Å². The molecule has 0 spiro atoms. The minimum absolute atomic E-state index is 0.312. The molecule has 0 bridgehead atoms. The van der Waals surface area contributed by atoms with Crippen LogP contribution in [-0.2, 0) is 9.53 Å². The molecule has 8 nitrogen and oxygen atoms in total. The fourth-order valence-corrected chi connectivity index (χ4v) is 2.31. The molecule has 132 valence electrons. The van der Waals surface area contributed by atoms with Gasteiger partial charge in [0.2, 0.25) is 5.91 Å². The number of carbonyl (C=O) groups excluding carboxylic acids is 3. The summed E-state index contributed by atoms with van der Waals surface area (Å²) in [6.45, 7) is 1.47. The molecule has 8 heteroatoms. The normalized spacial score (nSPS) is 11.7. The first-order chi connectivity index (χ1) is 12.4. The van der Waals surface area contributed by atoms with E-state index in [1.54, 1.807) is 30.3 Å². The van der Waals surface area contributed by atoms with Gasteiger partial charge in [0, 0.05) is 11.3 Å². The molecule has 26 heavy (non-hydrogen) atoms. The molecule has 0 radical (unpaired) electrons. The largest absolute Gasteiger partial charge is 0.449 e. The van der Waals surface area contributed by atoms with E-state index in [2.05, 4.69) is 15.3 Å². The number of hydrogen-bond acceptors (Lipinski definition) is 5. The molecule has 2 aromatic carbocycles. The van der Waals surface area contributed by atoms with E-state index in [1.807, 2.05) is 0 Å². The molecule has 3 aromatic rings. The predicted octanol–water partition coefficient (Wildman–Crippen LogP) is 1.85. The Bertz CT molecular complexity index is 978. The van der Waals surface area contributed by atoms with Gasteiger partial charge in [-0.15, -0.1) is 0 Å². The van der Waals surface area contributed by atoms with Crippen molar-refractivity contribution in [1.82, 2.24) is 9.97 Å². The Hall–Kier alpha value is -3.68. The Kier molecular flexibility index (Phi) is 4.66. The van der Waals surface area contributed by atoms with Crippen LogP contribution in [0.3, 0.4) is 0 Å². The molecule has 0 fully saturated rings. The average Bonchev–Trinajstić information content (AvgIpc) is 3.09. The van der Waals surface area contributed by atoms with E-state index in [4.69, 9.17) is 10.5 Å². The number of nitrogens with one attached hydrogen (secondary N) is 2. The third-order valence-corrected chi connectivity index (χ3v) is 3.75. The molecule has 0 saturated heterocycles. The lowest BCUT2D eigenvalue weighted by Crippen LogP contribution is -2.30. The van der Waals surface area contributed by atoms with Gasteiger partial charge in [-0.05, 0) is 49.4 Å². The van der Waals surface area contributed by atoms with Gasteiger partial charge in [-0.1, -0.05) is 0 Å². The standard InChI is InChI=1S/C18H16N4O4/c1-10(17(24)22-13-5-2-11(3-6-13)16(19)23)26-18(25)12-4-7-14-15(8-12)21-9-20-14/h2-10H,1H3,(H2,19,23)(H,20,21)(H,22,24). The summed E-state index contributed by atoms with van der Waals surface area (Å²) in [5.74, 6) is -1.67. The number of aromatic amines is 1. The summed E-state index contributed by atoms with van der Waals surface area (Å²) in [6.07, 6.45) is 0.523. The third-order valence-electron chi connectivity index (χ3n) is 3.75. The number of benzene rings is 2. The number of nitrogens with two attached hydrogens (primary N) is 1. The maximum atomic E-state index is 12.2. The molecule has 1 heterocycles. The quantitative estimate of drug-likeness (QED) is 0.604. The van der Waals surface area contributed by atoms with Crippen molar-refractivity contribution in [2.45, 2.75) is 13.0 Å². The minimum Gasteiger partial charge on any atom is -0.449 e. The highest BCUT2D eigenvalue weighted by atomic mass is 16.5. The van der Waals surface area contributed by atoms with Crippen LogP contribution < -0.4 is 11.1 Å². The highest BCUT2D eigenvalue weighted by molar-refractivity contribution is 5.99. The summed E-state index contributed by atoms with van der Waals surface area (Å²) in [5, 5.41) is 2.61. The van der Waals surface area contributed by atoms with Gasteiger partial charge in [0.05, 0.1) is 22.9 Å². The van der Waals surface area contributed by atoms with Gasteiger partial charge in [-0.2, -0.15) is 0 Å². The molecule has 2 amide bonds. The molecule has 1 unspecified atom stereocenters. The number of rotatable bonds is 5. The van der Waals surface area contributed by atoms with Crippen LogP contribution >= 0.6 is 0 Å². The van der Waals surface area contributed by atoms with E-state index in [0.717, 1.165) is 5.52 Å². The summed E-state index contributed by atoms with van der Waals surface area (Å²) < 4.78 is 5.20. The van der Waals surface area contributed by atoms with E-state index in [-0.39, 0.29) is 0 Å².